The Bertz CT molecular complexity index is 1430. The number of rotatable bonds is 3. The highest BCUT2D eigenvalue weighted by molar-refractivity contribution is 5.78. The molecular formula is C35H36N2. The molecule has 1 atom stereocenters. The van der Waals surface area contributed by atoms with Crippen molar-refractivity contribution in [2.45, 2.75) is 64.7 Å². The third-order valence-corrected chi connectivity index (χ3v) is 8.22. The summed E-state index contributed by atoms with van der Waals surface area (Å²) in [6.07, 6.45) is 23.3. The Labute approximate surface area is 221 Å². The van der Waals surface area contributed by atoms with Crippen LogP contribution in [0.4, 0.5) is 0 Å². The van der Waals surface area contributed by atoms with Crippen molar-refractivity contribution in [3.8, 4) is 11.1 Å². The first-order chi connectivity index (χ1) is 18.1. The summed E-state index contributed by atoms with van der Waals surface area (Å²) in [5.74, 6) is 0.585. The lowest BCUT2D eigenvalue weighted by Gasteiger charge is -2.31. The van der Waals surface area contributed by atoms with Crippen LogP contribution in [0, 0.1) is 13.8 Å². The van der Waals surface area contributed by atoms with Gasteiger partial charge < -0.3 is 5.32 Å². The maximum atomic E-state index is 4.48. The molecule has 3 heterocycles. The van der Waals surface area contributed by atoms with Crippen LogP contribution in [0.3, 0.4) is 0 Å². The molecule has 5 aliphatic rings. The van der Waals surface area contributed by atoms with Crippen LogP contribution in [-0.4, -0.2) is 4.98 Å². The minimum atomic E-state index is 0.585. The number of aryl methyl sites for hydroxylation is 3. The summed E-state index contributed by atoms with van der Waals surface area (Å²) >= 11 is 0. The number of hydrogen-bond acceptors (Lipinski definition) is 2. The molecule has 186 valence electrons. The minimum absolute atomic E-state index is 0.585. The van der Waals surface area contributed by atoms with Gasteiger partial charge in [0.2, 0.25) is 0 Å². The molecule has 0 saturated heterocycles. The summed E-state index contributed by atoms with van der Waals surface area (Å²) < 4.78 is 0. The SMILES string of the molecule is C1=CC2=CC=C(CC2)N1.Cc1ccc2c(c1)-c1ccc3c(c1CC2CCc1ccc(C)nc1)CCC=C3. The maximum Gasteiger partial charge on any atom is 0.0372 e. The van der Waals surface area contributed by atoms with Gasteiger partial charge in [-0.2, -0.15) is 0 Å². The number of pyridine rings is 1. The van der Waals surface area contributed by atoms with Gasteiger partial charge in [0.15, 0.2) is 0 Å². The molecule has 2 bridgehead atoms. The van der Waals surface area contributed by atoms with Crippen molar-refractivity contribution in [2.24, 2.45) is 0 Å². The summed E-state index contributed by atoms with van der Waals surface area (Å²) in [6.45, 7) is 4.26. The van der Waals surface area contributed by atoms with Crippen LogP contribution >= 0.6 is 0 Å². The van der Waals surface area contributed by atoms with E-state index in [1.54, 1.807) is 11.1 Å². The highest BCUT2D eigenvalue weighted by Crippen LogP contribution is 2.44. The van der Waals surface area contributed by atoms with Crippen LogP contribution in [0.5, 0.6) is 0 Å². The van der Waals surface area contributed by atoms with E-state index in [9.17, 15) is 0 Å². The van der Waals surface area contributed by atoms with Crippen molar-refractivity contribution in [3.63, 3.8) is 0 Å². The number of fused-ring (bicyclic) bond motifs is 8. The zero-order valence-electron chi connectivity index (χ0n) is 22.1. The molecule has 3 aliphatic carbocycles. The number of allylic oxidation sites excluding steroid dienone is 6. The lowest BCUT2D eigenvalue weighted by Crippen LogP contribution is -2.16. The van der Waals surface area contributed by atoms with Gasteiger partial charge in [0.1, 0.15) is 0 Å². The first kappa shape index (κ1) is 23.7. The second kappa shape index (κ2) is 10.4. The number of nitrogens with one attached hydrogen (secondary N) is 1. The molecule has 0 spiro atoms. The third kappa shape index (κ3) is 5.11. The van der Waals surface area contributed by atoms with Crippen LogP contribution in [0.1, 0.15) is 70.7 Å². The molecule has 0 saturated carbocycles. The van der Waals surface area contributed by atoms with Crippen LogP contribution in [0.25, 0.3) is 17.2 Å². The van der Waals surface area contributed by atoms with Crippen LogP contribution in [0.15, 0.2) is 90.4 Å². The molecule has 8 rings (SSSR count). The van der Waals surface area contributed by atoms with E-state index in [1.165, 1.54) is 83.2 Å². The van der Waals surface area contributed by atoms with Crippen molar-refractivity contribution >= 4 is 6.08 Å². The molecule has 1 aromatic heterocycles. The molecule has 0 fully saturated rings. The van der Waals surface area contributed by atoms with E-state index in [-0.39, 0.29) is 0 Å². The molecule has 0 radical (unpaired) electrons. The average Bonchev–Trinajstić information content (AvgIpc) is 3.31. The van der Waals surface area contributed by atoms with Crippen molar-refractivity contribution in [1.29, 1.82) is 0 Å². The Balaban J connectivity index is 0.000000235. The Morgan fingerprint density at radius 2 is 1.84 bits per heavy atom. The number of benzene rings is 2. The number of aromatic nitrogens is 1. The van der Waals surface area contributed by atoms with E-state index in [2.05, 4.69) is 103 Å². The molecule has 2 aromatic carbocycles. The van der Waals surface area contributed by atoms with E-state index in [0.29, 0.717) is 5.92 Å². The number of hydrogen-bond donors (Lipinski definition) is 1. The van der Waals surface area contributed by atoms with Crippen molar-refractivity contribution < 1.29 is 0 Å². The standard InChI is InChI=1S/C27H27N.C8H9N/c1-18-7-13-24-22(11-10-20-9-8-19(2)28-17-20)16-27-23-6-4-3-5-21(23)12-14-25(27)26(24)15-18;1-3-8-4-2-7(1)5-6-9-8/h3,5,7-9,12-15,17,22H,4,6,10-11,16H2,1-2H3;1,3,5-6,9H,2,4H2. The fourth-order valence-electron chi connectivity index (χ4n) is 6.11. The first-order valence-electron chi connectivity index (χ1n) is 13.8. The molecule has 3 aromatic rings. The van der Waals surface area contributed by atoms with Crippen LogP contribution in [0.2, 0.25) is 0 Å². The topological polar surface area (TPSA) is 24.9 Å². The summed E-state index contributed by atoms with van der Waals surface area (Å²) in [7, 11) is 0. The smallest absolute Gasteiger partial charge is 0.0372 e. The quantitative estimate of drug-likeness (QED) is 0.404. The van der Waals surface area contributed by atoms with Gasteiger partial charge in [-0.15, -0.1) is 0 Å². The molecule has 1 N–H and O–H groups in total. The second-order valence-electron chi connectivity index (χ2n) is 10.8. The maximum absolute atomic E-state index is 4.48. The van der Waals surface area contributed by atoms with Gasteiger partial charge in [-0.1, -0.05) is 60.2 Å². The van der Waals surface area contributed by atoms with E-state index in [1.807, 2.05) is 6.20 Å². The highest BCUT2D eigenvalue weighted by Gasteiger charge is 2.27. The predicted molar refractivity (Wildman–Crippen MR) is 155 cm³/mol. The summed E-state index contributed by atoms with van der Waals surface area (Å²) in [6, 6.07) is 16.1. The van der Waals surface area contributed by atoms with Crippen molar-refractivity contribution in [3.05, 3.63) is 130 Å². The summed E-state index contributed by atoms with van der Waals surface area (Å²) in [5, 5.41) is 3.20. The van der Waals surface area contributed by atoms with Crippen molar-refractivity contribution in [1.82, 2.24) is 10.3 Å². The van der Waals surface area contributed by atoms with Gasteiger partial charge >= 0.3 is 0 Å². The zero-order chi connectivity index (χ0) is 25.2. The number of nitrogens with zero attached hydrogens (tertiary/aromatic N) is 1. The molecule has 2 aliphatic heterocycles. The lowest BCUT2D eigenvalue weighted by atomic mass is 9.73. The lowest BCUT2D eigenvalue weighted by molar-refractivity contribution is 0.611. The Morgan fingerprint density at radius 3 is 2.68 bits per heavy atom. The summed E-state index contributed by atoms with van der Waals surface area (Å²) in [4.78, 5) is 4.48. The Hall–Kier alpha value is -3.65. The molecule has 37 heavy (non-hydrogen) atoms. The molecular weight excluding hydrogens is 448 g/mol. The fourth-order valence-corrected chi connectivity index (χ4v) is 6.11. The van der Waals surface area contributed by atoms with Gasteiger partial charge in [-0.3, -0.25) is 4.98 Å². The van der Waals surface area contributed by atoms with E-state index in [4.69, 9.17) is 0 Å². The van der Waals surface area contributed by atoms with Crippen LogP contribution in [-0.2, 0) is 19.3 Å². The van der Waals surface area contributed by atoms with Crippen molar-refractivity contribution in [2.75, 3.05) is 0 Å². The fraction of sp³-hybridized carbons (Fsp3) is 0.286. The van der Waals surface area contributed by atoms with Gasteiger partial charge in [-0.25, -0.2) is 0 Å². The van der Waals surface area contributed by atoms with Gasteiger partial charge in [0.05, 0.1) is 0 Å². The highest BCUT2D eigenvalue weighted by atomic mass is 14.9. The summed E-state index contributed by atoms with van der Waals surface area (Å²) in [5.41, 5.74) is 15.7. The van der Waals surface area contributed by atoms with E-state index in [0.717, 1.165) is 12.1 Å². The monoisotopic (exact) mass is 484 g/mol. The van der Waals surface area contributed by atoms with E-state index >= 15 is 0 Å². The molecule has 2 nitrogen and oxygen atoms in total. The average molecular weight is 485 g/mol. The molecule has 2 heteroatoms. The van der Waals surface area contributed by atoms with Gasteiger partial charge in [-0.05, 0) is 127 Å². The largest absolute Gasteiger partial charge is 0.365 e. The zero-order valence-corrected chi connectivity index (χ0v) is 22.1. The Morgan fingerprint density at radius 1 is 0.892 bits per heavy atom. The molecule has 1 unspecified atom stereocenters. The first-order valence-corrected chi connectivity index (χ1v) is 13.8. The predicted octanol–water partition coefficient (Wildman–Crippen LogP) is 8.30. The van der Waals surface area contributed by atoms with Crippen LogP contribution < -0.4 is 5.32 Å². The van der Waals surface area contributed by atoms with Gasteiger partial charge in [0.25, 0.3) is 0 Å². The molecule has 0 amide bonds. The van der Waals surface area contributed by atoms with Gasteiger partial charge in [0, 0.05) is 23.8 Å². The third-order valence-electron chi connectivity index (χ3n) is 8.22. The minimum Gasteiger partial charge on any atom is -0.365 e. The Kier molecular flexibility index (Phi) is 6.66. The van der Waals surface area contributed by atoms with E-state index < -0.39 is 0 Å². The second-order valence-corrected chi connectivity index (χ2v) is 10.8. The normalized spacial score (nSPS) is 18.3.